The summed E-state index contributed by atoms with van der Waals surface area (Å²) in [5.74, 6) is 0.404. The van der Waals surface area contributed by atoms with Gasteiger partial charge in [-0.1, -0.05) is 43.7 Å². The molecule has 0 bridgehead atoms. The second-order valence-electron chi connectivity index (χ2n) is 7.69. The van der Waals surface area contributed by atoms with Crippen molar-refractivity contribution in [3.63, 3.8) is 0 Å². The molecule has 1 saturated heterocycles. The van der Waals surface area contributed by atoms with Gasteiger partial charge in [0.05, 0.1) is 29.3 Å². The van der Waals surface area contributed by atoms with E-state index in [1.54, 1.807) is 11.3 Å². The Morgan fingerprint density at radius 1 is 1.18 bits per heavy atom. The Bertz CT molecular complexity index is 1010. The molecule has 1 aliphatic rings. The standard InChI is InChI=1S/C23H25NO4/c1-15(2)13-27-22-12-20(24(28-22)17-7-5-4-6-8-17)19-14-26-21-10-9-16(3)11-18(21)23(19)25/h4-11,14-15,20,22H,12-13H2,1-3H3/t20-,22+/m0/s1. The Morgan fingerprint density at radius 2 is 1.96 bits per heavy atom. The zero-order chi connectivity index (χ0) is 19.7. The van der Waals surface area contributed by atoms with Crippen molar-refractivity contribution in [1.29, 1.82) is 0 Å². The molecular formula is C23H25NO4. The molecular weight excluding hydrogens is 354 g/mol. The second kappa shape index (κ2) is 7.78. The molecule has 0 N–H and O–H groups in total. The first-order valence-corrected chi connectivity index (χ1v) is 9.67. The highest BCUT2D eigenvalue weighted by Gasteiger charge is 2.37. The van der Waals surface area contributed by atoms with Gasteiger partial charge in [0, 0.05) is 6.42 Å². The van der Waals surface area contributed by atoms with Crippen molar-refractivity contribution in [1.82, 2.24) is 0 Å². The van der Waals surface area contributed by atoms with Crippen LogP contribution in [0.1, 0.15) is 37.4 Å². The Morgan fingerprint density at radius 3 is 2.71 bits per heavy atom. The number of hydroxylamine groups is 1. The van der Waals surface area contributed by atoms with Crippen LogP contribution in [-0.2, 0) is 9.57 Å². The van der Waals surface area contributed by atoms with Gasteiger partial charge in [-0.15, -0.1) is 0 Å². The van der Waals surface area contributed by atoms with Crippen molar-refractivity contribution in [2.75, 3.05) is 11.7 Å². The topological polar surface area (TPSA) is 51.9 Å². The molecule has 146 valence electrons. The number of para-hydroxylation sites is 1. The van der Waals surface area contributed by atoms with Crippen LogP contribution in [0.25, 0.3) is 11.0 Å². The fourth-order valence-corrected chi connectivity index (χ4v) is 3.48. The number of benzene rings is 2. The third-order valence-electron chi connectivity index (χ3n) is 4.87. The lowest BCUT2D eigenvalue weighted by Gasteiger charge is -2.24. The summed E-state index contributed by atoms with van der Waals surface area (Å²) in [6, 6.07) is 15.2. The first kappa shape index (κ1) is 18.7. The molecule has 1 fully saturated rings. The lowest BCUT2D eigenvalue weighted by atomic mass is 10.0. The lowest BCUT2D eigenvalue weighted by molar-refractivity contribution is -0.125. The molecule has 28 heavy (non-hydrogen) atoms. The largest absolute Gasteiger partial charge is 0.464 e. The van der Waals surface area contributed by atoms with E-state index in [2.05, 4.69) is 13.8 Å². The van der Waals surface area contributed by atoms with E-state index in [4.69, 9.17) is 14.0 Å². The minimum Gasteiger partial charge on any atom is -0.464 e. The van der Waals surface area contributed by atoms with E-state index < -0.39 is 6.29 Å². The molecule has 0 spiro atoms. The fraction of sp³-hybridized carbons (Fsp3) is 0.348. The summed E-state index contributed by atoms with van der Waals surface area (Å²) in [6.07, 6.45) is 1.72. The quantitative estimate of drug-likeness (QED) is 0.625. The Kier molecular flexibility index (Phi) is 5.20. The van der Waals surface area contributed by atoms with Crippen LogP contribution >= 0.6 is 0 Å². The lowest BCUT2D eigenvalue weighted by Crippen LogP contribution is -2.26. The van der Waals surface area contributed by atoms with Crippen molar-refractivity contribution in [2.24, 2.45) is 5.92 Å². The van der Waals surface area contributed by atoms with Gasteiger partial charge in [-0.25, -0.2) is 9.90 Å². The molecule has 2 atom stereocenters. The predicted molar refractivity (Wildman–Crippen MR) is 109 cm³/mol. The van der Waals surface area contributed by atoms with E-state index in [1.165, 1.54) is 0 Å². The van der Waals surface area contributed by atoms with E-state index >= 15 is 0 Å². The van der Waals surface area contributed by atoms with Crippen molar-refractivity contribution in [3.8, 4) is 0 Å². The first-order valence-electron chi connectivity index (χ1n) is 9.67. The summed E-state index contributed by atoms with van der Waals surface area (Å²) in [5.41, 5.74) is 3.06. The van der Waals surface area contributed by atoms with Gasteiger partial charge < -0.3 is 9.15 Å². The third kappa shape index (κ3) is 3.68. The van der Waals surface area contributed by atoms with Crippen molar-refractivity contribution < 1.29 is 14.0 Å². The van der Waals surface area contributed by atoms with Gasteiger partial charge in [0.25, 0.3) is 0 Å². The summed E-state index contributed by atoms with van der Waals surface area (Å²) < 4.78 is 11.7. The van der Waals surface area contributed by atoms with Gasteiger partial charge in [-0.2, -0.15) is 0 Å². The Labute approximate surface area is 164 Å². The van der Waals surface area contributed by atoms with Crippen LogP contribution in [0.15, 0.2) is 64.0 Å². The number of rotatable bonds is 5. The summed E-state index contributed by atoms with van der Waals surface area (Å²) in [6.45, 7) is 6.77. The minimum atomic E-state index is -0.403. The molecule has 0 aliphatic carbocycles. The molecule has 1 aliphatic heterocycles. The van der Waals surface area contributed by atoms with Gasteiger partial charge in [-0.3, -0.25) is 4.79 Å². The van der Waals surface area contributed by atoms with E-state index in [1.807, 2.05) is 55.5 Å². The second-order valence-corrected chi connectivity index (χ2v) is 7.69. The molecule has 3 aromatic rings. The average Bonchev–Trinajstić information content (AvgIpc) is 3.12. The number of nitrogens with zero attached hydrogens (tertiary/aromatic N) is 1. The normalized spacial score (nSPS) is 19.6. The van der Waals surface area contributed by atoms with Gasteiger partial charge >= 0.3 is 0 Å². The summed E-state index contributed by atoms with van der Waals surface area (Å²) in [7, 11) is 0. The zero-order valence-electron chi connectivity index (χ0n) is 16.4. The average molecular weight is 379 g/mol. The monoisotopic (exact) mass is 379 g/mol. The highest BCUT2D eigenvalue weighted by Crippen LogP contribution is 2.37. The van der Waals surface area contributed by atoms with E-state index in [-0.39, 0.29) is 11.5 Å². The van der Waals surface area contributed by atoms with Crippen LogP contribution in [0.2, 0.25) is 0 Å². The molecule has 0 unspecified atom stereocenters. The maximum Gasteiger partial charge on any atom is 0.198 e. The molecule has 4 rings (SSSR count). The first-order chi connectivity index (χ1) is 13.5. The van der Waals surface area contributed by atoms with E-state index in [9.17, 15) is 4.79 Å². The van der Waals surface area contributed by atoms with Crippen LogP contribution in [0.4, 0.5) is 5.69 Å². The molecule has 2 aromatic carbocycles. The Hall–Kier alpha value is -2.63. The maximum absolute atomic E-state index is 13.2. The van der Waals surface area contributed by atoms with Crippen molar-refractivity contribution >= 4 is 16.7 Å². The number of hydrogen-bond acceptors (Lipinski definition) is 5. The smallest absolute Gasteiger partial charge is 0.198 e. The van der Waals surface area contributed by atoms with Crippen LogP contribution in [0, 0.1) is 12.8 Å². The van der Waals surface area contributed by atoms with Crippen LogP contribution in [0.5, 0.6) is 0 Å². The molecule has 1 aromatic heterocycles. The number of hydrogen-bond donors (Lipinski definition) is 0. The molecule has 0 radical (unpaired) electrons. The van der Waals surface area contributed by atoms with Crippen LogP contribution in [-0.4, -0.2) is 12.9 Å². The zero-order valence-corrected chi connectivity index (χ0v) is 16.4. The number of anilines is 1. The molecule has 5 heteroatoms. The van der Waals surface area contributed by atoms with Gasteiger partial charge in [0.2, 0.25) is 0 Å². The van der Waals surface area contributed by atoms with Crippen LogP contribution < -0.4 is 10.5 Å². The number of aryl methyl sites for hydroxylation is 1. The Balaban J connectivity index is 1.73. The SMILES string of the molecule is Cc1ccc2occ([C@@H]3C[C@H](OCC(C)C)ON3c3ccccc3)c(=O)c2c1. The summed E-state index contributed by atoms with van der Waals surface area (Å²) in [5, 5.41) is 2.37. The molecule has 2 heterocycles. The van der Waals surface area contributed by atoms with Crippen molar-refractivity contribution in [3.05, 3.63) is 76.1 Å². The summed E-state index contributed by atoms with van der Waals surface area (Å²) >= 11 is 0. The van der Waals surface area contributed by atoms with E-state index in [0.717, 1.165) is 11.3 Å². The minimum absolute atomic E-state index is 0.0241. The number of ether oxygens (including phenoxy) is 1. The van der Waals surface area contributed by atoms with Gasteiger partial charge in [0.1, 0.15) is 11.8 Å². The van der Waals surface area contributed by atoms with Crippen molar-refractivity contribution in [2.45, 2.75) is 39.5 Å². The maximum atomic E-state index is 13.2. The highest BCUT2D eigenvalue weighted by atomic mass is 16.8. The fourth-order valence-electron chi connectivity index (χ4n) is 3.48. The molecule has 0 amide bonds. The highest BCUT2D eigenvalue weighted by molar-refractivity contribution is 5.77. The third-order valence-corrected chi connectivity index (χ3v) is 4.87. The molecule has 5 nitrogen and oxygen atoms in total. The van der Waals surface area contributed by atoms with Gasteiger partial charge in [0.15, 0.2) is 11.7 Å². The summed E-state index contributed by atoms with van der Waals surface area (Å²) in [4.78, 5) is 19.3. The van der Waals surface area contributed by atoms with E-state index in [0.29, 0.717) is 35.5 Å². The number of fused-ring (bicyclic) bond motifs is 1. The van der Waals surface area contributed by atoms with Gasteiger partial charge in [-0.05, 0) is 37.1 Å². The van der Waals surface area contributed by atoms with Crippen LogP contribution in [0.3, 0.4) is 0 Å². The predicted octanol–water partition coefficient (Wildman–Crippen LogP) is 4.98. The molecule has 0 saturated carbocycles.